The molecule has 2 fully saturated rings. The lowest BCUT2D eigenvalue weighted by Gasteiger charge is -2.22. The Kier molecular flexibility index (Phi) is 4.66. The Morgan fingerprint density at radius 2 is 1.72 bits per heavy atom. The summed E-state index contributed by atoms with van der Waals surface area (Å²) in [6.07, 6.45) is 1.36. The molecule has 2 heterocycles. The quantitative estimate of drug-likeness (QED) is 0.627. The van der Waals surface area contributed by atoms with Gasteiger partial charge in [-0.25, -0.2) is 4.79 Å². The van der Waals surface area contributed by atoms with Crippen molar-refractivity contribution in [2.75, 3.05) is 18.0 Å². The topological polar surface area (TPSA) is 86.8 Å². The molecule has 1 N–H and O–H groups in total. The first-order valence-electron chi connectivity index (χ1n) is 9.53. The number of amides is 4. The molecule has 148 valence electrons. The number of imide groups is 1. The van der Waals surface area contributed by atoms with E-state index in [4.69, 9.17) is 0 Å². The van der Waals surface area contributed by atoms with Gasteiger partial charge in [0.2, 0.25) is 5.91 Å². The van der Waals surface area contributed by atoms with E-state index >= 15 is 0 Å². The maximum atomic E-state index is 12.9. The van der Waals surface area contributed by atoms with Crippen LogP contribution in [-0.4, -0.2) is 41.6 Å². The fraction of sp³-hybridized carbons (Fsp3) is 0.273. The van der Waals surface area contributed by atoms with Crippen molar-refractivity contribution in [2.45, 2.75) is 25.3 Å². The highest BCUT2D eigenvalue weighted by Gasteiger charge is 2.49. The second-order valence-corrected chi connectivity index (χ2v) is 7.43. The third kappa shape index (κ3) is 3.29. The second kappa shape index (κ2) is 7.16. The van der Waals surface area contributed by atoms with Crippen LogP contribution in [-0.2, 0) is 15.1 Å². The molecule has 7 nitrogen and oxygen atoms in total. The molecule has 0 aromatic heterocycles. The van der Waals surface area contributed by atoms with E-state index in [9.17, 15) is 19.2 Å². The van der Waals surface area contributed by atoms with Crippen molar-refractivity contribution in [1.29, 1.82) is 0 Å². The van der Waals surface area contributed by atoms with Crippen LogP contribution < -0.4 is 10.2 Å². The highest BCUT2D eigenvalue weighted by Crippen LogP contribution is 2.29. The minimum atomic E-state index is -1.20. The van der Waals surface area contributed by atoms with Crippen molar-refractivity contribution in [3.8, 4) is 0 Å². The van der Waals surface area contributed by atoms with E-state index in [1.165, 1.54) is 0 Å². The smallest absolute Gasteiger partial charge is 0.319 e. The number of nitrogens with zero attached hydrogens (tertiary/aromatic N) is 2. The largest absolute Gasteiger partial charge is 0.325 e. The van der Waals surface area contributed by atoms with Crippen molar-refractivity contribution in [1.82, 2.24) is 10.2 Å². The van der Waals surface area contributed by atoms with E-state index < -0.39 is 17.5 Å². The van der Waals surface area contributed by atoms with E-state index in [1.54, 1.807) is 60.4 Å². The molecule has 1 atom stereocenters. The zero-order valence-corrected chi connectivity index (χ0v) is 16.1. The number of urea groups is 1. The lowest BCUT2D eigenvalue weighted by atomic mass is 9.92. The summed E-state index contributed by atoms with van der Waals surface area (Å²) in [7, 11) is 0. The van der Waals surface area contributed by atoms with Crippen molar-refractivity contribution in [3.05, 3.63) is 65.7 Å². The van der Waals surface area contributed by atoms with Gasteiger partial charge in [-0.1, -0.05) is 30.3 Å². The molecule has 2 aliphatic heterocycles. The van der Waals surface area contributed by atoms with Crippen LogP contribution in [0.2, 0.25) is 0 Å². The molecule has 4 rings (SSSR count). The molecule has 0 spiro atoms. The fourth-order valence-electron chi connectivity index (χ4n) is 3.79. The molecule has 2 aliphatic rings. The van der Waals surface area contributed by atoms with Crippen molar-refractivity contribution in [3.63, 3.8) is 0 Å². The third-order valence-electron chi connectivity index (χ3n) is 5.50. The first-order valence-corrected chi connectivity index (χ1v) is 9.53. The molecule has 2 saturated heterocycles. The van der Waals surface area contributed by atoms with Gasteiger partial charge in [-0.15, -0.1) is 0 Å². The highest BCUT2D eigenvalue weighted by atomic mass is 16.2. The molecule has 0 unspecified atom stereocenters. The number of hydrogen-bond donors (Lipinski definition) is 1. The van der Waals surface area contributed by atoms with Gasteiger partial charge in [-0.2, -0.15) is 0 Å². The van der Waals surface area contributed by atoms with Gasteiger partial charge >= 0.3 is 6.03 Å². The molecule has 0 saturated carbocycles. The molecular formula is C22H21N3O4. The van der Waals surface area contributed by atoms with Crippen LogP contribution in [0.3, 0.4) is 0 Å². The fourth-order valence-corrected chi connectivity index (χ4v) is 3.79. The summed E-state index contributed by atoms with van der Waals surface area (Å²) in [5.74, 6) is -0.727. The Morgan fingerprint density at radius 3 is 2.34 bits per heavy atom. The highest BCUT2D eigenvalue weighted by molar-refractivity contribution is 6.11. The molecule has 0 aliphatic carbocycles. The summed E-state index contributed by atoms with van der Waals surface area (Å²) in [6, 6.07) is 15.0. The van der Waals surface area contributed by atoms with Crippen LogP contribution in [0.25, 0.3) is 0 Å². The van der Waals surface area contributed by atoms with Gasteiger partial charge in [0.15, 0.2) is 5.78 Å². The van der Waals surface area contributed by atoms with Gasteiger partial charge in [0.1, 0.15) is 5.54 Å². The predicted molar refractivity (Wildman–Crippen MR) is 106 cm³/mol. The van der Waals surface area contributed by atoms with E-state index in [0.29, 0.717) is 24.1 Å². The third-order valence-corrected chi connectivity index (χ3v) is 5.50. The van der Waals surface area contributed by atoms with Crippen LogP contribution in [0, 0.1) is 0 Å². The van der Waals surface area contributed by atoms with E-state index in [0.717, 1.165) is 17.0 Å². The minimum Gasteiger partial charge on any atom is -0.319 e. The molecule has 2 aromatic rings. The maximum Gasteiger partial charge on any atom is 0.325 e. The van der Waals surface area contributed by atoms with Crippen molar-refractivity contribution < 1.29 is 19.2 Å². The molecular weight excluding hydrogens is 370 g/mol. The summed E-state index contributed by atoms with van der Waals surface area (Å²) >= 11 is 0. The van der Waals surface area contributed by atoms with Crippen LogP contribution >= 0.6 is 0 Å². The monoisotopic (exact) mass is 391 g/mol. The van der Waals surface area contributed by atoms with Gasteiger partial charge in [0, 0.05) is 24.2 Å². The summed E-state index contributed by atoms with van der Waals surface area (Å²) in [5, 5.41) is 2.70. The number of carbonyl (C=O) groups is 4. The molecule has 2 aromatic carbocycles. The standard InChI is InChI=1S/C22H21N3O4/c1-22(16-6-3-2-4-7-16)20(28)25(21(29)23-22)14-18(26)15-9-11-17(12-10-15)24-13-5-8-19(24)27/h2-4,6-7,9-12H,5,8,13-14H2,1H3,(H,23,29)/t22-/m1/s1. The summed E-state index contributed by atoms with van der Waals surface area (Å²) < 4.78 is 0. The van der Waals surface area contributed by atoms with E-state index in [2.05, 4.69) is 5.32 Å². The molecule has 4 amide bonds. The normalized spacial score (nSPS) is 21.6. The van der Waals surface area contributed by atoms with Gasteiger partial charge in [0.25, 0.3) is 5.91 Å². The number of benzene rings is 2. The van der Waals surface area contributed by atoms with Crippen LogP contribution in [0.4, 0.5) is 10.5 Å². The summed E-state index contributed by atoms with van der Waals surface area (Å²) in [5.41, 5.74) is 0.594. The van der Waals surface area contributed by atoms with E-state index in [1.807, 2.05) is 6.07 Å². The van der Waals surface area contributed by atoms with Gasteiger partial charge < -0.3 is 10.2 Å². The minimum absolute atomic E-state index is 0.0728. The van der Waals surface area contributed by atoms with Crippen LogP contribution in [0.5, 0.6) is 0 Å². The number of carbonyl (C=O) groups excluding carboxylic acids is 4. The Bertz CT molecular complexity index is 987. The lowest BCUT2D eigenvalue weighted by molar-refractivity contribution is -0.130. The van der Waals surface area contributed by atoms with Gasteiger partial charge in [0.05, 0.1) is 6.54 Å². The number of ketones is 1. The van der Waals surface area contributed by atoms with Crippen molar-refractivity contribution >= 4 is 29.3 Å². The average molecular weight is 391 g/mol. The van der Waals surface area contributed by atoms with Crippen LogP contribution in [0.15, 0.2) is 54.6 Å². The van der Waals surface area contributed by atoms with Crippen molar-refractivity contribution in [2.24, 2.45) is 0 Å². The molecule has 7 heteroatoms. The molecule has 29 heavy (non-hydrogen) atoms. The first-order chi connectivity index (χ1) is 13.9. The Balaban J connectivity index is 1.49. The SMILES string of the molecule is C[C@]1(c2ccccc2)NC(=O)N(CC(=O)c2ccc(N3CCCC3=O)cc2)C1=O. The number of Topliss-reactive ketones (excluding diaryl/α,β-unsaturated/α-hetero) is 1. The zero-order valence-electron chi connectivity index (χ0n) is 16.1. The number of nitrogens with one attached hydrogen (secondary N) is 1. The zero-order chi connectivity index (χ0) is 20.6. The average Bonchev–Trinajstić information content (AvgIpc) is 3.25. The first kappa shape index (κ1) is 18.9. The summed E-state index contributed by atoms with van der Waals surface area (Å²) in [6.45, 7) is 1.97. The number of hydrogen-bond acceptors (Lipinski definition) is 4. The second-order valence-electron chi connectivity index (χ2n) is 7.43. The summed E-state index contributed by atoms with van der Waals surface area (Å²) in [4.78, 5) is 52.5. The van der Waals surface area contributed by atoms with Gasteiger partial charge in [-0.05, 0) is 43.2 Å². The predicted octanol–water partition coefficient (Wildman–Crippen LogP) is 2.46. The molecule has 0 radical (unpaired) electrons. The lowest BCUT2D eigenvalue weighted by Crippen LogP contribution is -2.41. The van der Waals surface area contributed by atoms with E-state index in [-0.39, 0.29) is 18.2 Å². The Hall–Kier alpha value is -3.48. The Morgan fingerprint density at radius 1 is 1.03 bits per heavy atom. The maximum absolute atomic E-state index is 12.9. The van der Waals surface area contributed by atoms with Gasteiger partial charge in [-0.3, -0.25) is 19.3 Å². The van der Waals surface area contributed by atoms with Crippen LogP contribution in [0.1, 0.15) is 35.7 Å². The number of rotatable bonds is 5. The molecule has 0 bridgehead atoms. The Labute approximate surface area is 168 Å². The number of anilines is 1.